The summed E-state index contributed by atoms with van der Waals surface area (Å²) >= 11 is 0. The standard InChI is InChI=1S/C23H18N4O4/c1-26(17-6-7-19-20(12-17)31-14-30-19)22-9-8-21-24-13-18(27(21)25-22)16-4-2-3-15(11-16)5-10-23(28)29/h2-13H,14H2,1H3,(H,28,29)/b10-5+. The van der Waals surface area contributed by atoms with Gasteiger partial charge in [0.1, 0.15) is 0 Å². The molecule has 1 aliphatic heterocycles. The predicted octanol–water partition coefficient (Wildman–Crippen LogP) is 3.99. The molecule has 1 N–H and O–H groups in total. The normalized spacial score (nSPS) is 12.5. The second-order valence-electron chi connectivity index (χ2n) is 7.00. The van der Waals surface area contributed by atoms with Crippen LogP contribution in [0.3, 0.4) is 0 Å². The van der Waals surface area contributed by atoms with Crippen molar-refractivity contribution in [1.29, 1.82) is 0 Å². The topological polar surface area (TPSA) is 89.2 Å². The van der Waals surface area contributed by atoms with Gasteiger partial charge < -0.3 is 19.5 Å². The van der Waals surface area contributed by atoms with Crippen molar-refractivity contribution in [3.8, 4) is 22.8 Å². The smallest absolute Gasteiger partial charge is 0.328 e. The van der Waals surface area contributed by atoms with E-state index in [9.17, 15) is 4.79 Å². The molecule has 3 heterocycles. The van der Waals surface area contributed by atoms with Gasteiger partial charge in [-0.25, -0.2) is 14.3 Å². The highest BCUT2D eigenvalue weighted by atomic mass is 16.7. The van der Waals surface area contributed by atoms with Gasteiger partial charge in [0.05, 0.1) is 11.9 Å². The summed E-state index contributed by atoms with van der Waals surface area (Å²) in [5, 5.41) is 13.6. The van der Waals surface area contributed by atoms with E-state index < -0.39 is 5.97 Å². The second-order valence-corrected chi connectivity index (χ2v) is 7.00. The van der Waals surface area contributed by atoms with Crippen LogP contribution in [0.15, 0.2) is 66.9 Å². The Labute approximate surface area is 177 Å². The maximum Gasteiger partial charge on any atom is 0.328 e. The van der Waals surface area contributed by atoms with Crippen LogP contribution in [0.1, 0.15) is 5.56 Å². The maximum absolute atomic E-state index is 10.8. The Bertz CT molecular complexity index is 1330. The minimum atomic E-state index is -0.988. The minimum absolute atomic E-state index is 0.228. The minimum Gasteiger partial charge on any atom is -0.478 e. The van der Waals surface area contributed by atoms with Crippen molar-refractivity contribution in [2.75, 3.05) is 18.7 Å². The molecule has 0 aliphatic carbocycles. The van der Waals surface area contributed by atoms with Gasteiger partial charge in [0.15, 0.2) is 23.0 Å². The number of carboxylic acid groups (broad SMARTS) is 1. The van der Waals surface area contributed by atoms with Crippen molar-refractivity contribution in [3.63, 3.8) is 0 Å². The zero-order valence-electron chi connectivity index (χ0n) is 16.6. The molecule has 0 saturated heterocycles. The van der Waals surface area contributed by atoms with E-state index in [0.717, 1.165) is 40.2 Å². The maximum atomic E-state index is 10.8. The molecule has 8 heteroatoms. The summed E-state index contributed by atoms with van der Waals surface area (Å²) in [7, 11) is 1.93. The number of ether oxygens (including phenoxy) is 2. The zero-order chi connectivity index (χ0) is 21.4. The summed E-state index contributed by atoms with van der Waals surface area (Å²) in [6, 6.07) is 17.1. The van der Waals surface area contributed by atoms with Crippen molar-refractivity contribution >= 4 is 29.2 Å². The lowest BCUT2D eigenvalue weighted by molar-refractivity contribution is -0.131. The number of hydrogen-bond acceptors (Lipinski definition) is 6. The fourth-order valence-corrected chi connectivity index (χ4v) is 3.43. The summed E-state index contributed by atoms with van der Waals surface area (Å²) in [5.74, 6) is 1.18. The van der Waals surface area contributed by atoms with Gasteiger partial charge in [0, 0.05) is 30.4 Å². The number of nitrogens with zero attached hydrogens (tertiary/aromatic N) is 4. The van der Waals surface area contributed by atoms with E-state index in [4.69, 9.17) is 19.7 Å². The van der Waals surface area contributed by atoms with Gasteiger partial charge in [-0.1, -0.05) is 18.2 Å². The highest BCUT2D eigenvalue weighted by Gasteiger charge is 2.16. The van der Waals surface area contributed by atoms with Crippen molar-refractivity contribution < 1.29 is 19.4 Å². The third kappa shape index (κ3) is 3.55. The summed E-state index contributed by atoms with van der Waals surface area (Å²) in [5.41, 5.74) is 4.10. The van der Waals surface area contributed by atoms with Crippen LogP contribution in [0, 0.1) is 0 Å². The molecular formula is C23H18N4O4. The van der Waals surface area contributed by atoms with Crippen LogP contribution in [0.5, 0.6) is 11.5 Å². The lowest BCUT2D eigenvalue weighted by Gasteiger charge is -2.18. The molecule has 2 aromatic carbocycles. The average molecular weight is 414 g/mol. The summed E-state index contributed by atoms with van der Waals surface area (Å²) < 4.78 is 12.6. The fourth-order valence-electron chi connectivity index (χ4n) is 3.43. The van der Waals surface area contributed by atoms with Crippen molar-refractivity contribution in [2.45, 2.75) is 0 Å². The van der Waals surface area contributed by atoms with E-state index in [1.807, 2.05) is 66.5 Å². The molecule has 0 saturated carbocycles. The summed E-state index contributed by atoms with van der Waals surface area (Å²) in [6.07, 6.45) is 4.43. The fraction of sp³-hybridized carbons (Fsp3) is 0.0870. The molecule has 154 valence electrons. The Hall–Kier alpha value is -4.33. The molecule has 0 unspecified atom stereocenters. The van der Waals surface area contributed by atoms with Crippen LogP contribution in [0.25, 0.3) is 23.0 Å². The van der Waals surface area contributed by atoms with Gasteiger partial charge in [-0.2, -0.15) is 0 Å². The first-order valence-electron chi connectivity index (χ1n) is 9.58. The lowest BCUT2D eigenvalue weighted by Crippen LogP contribution is -2.13. The average Bonchev–Trinajstić information content (AvgIpc) is 3.43. The Morgan fingerprint density at radius 3 is 2.87 bits per heavy atom. The molecule has 2 aromatic heterocycles. The van der Waals surface area contributed by atoms with Crippen LogP contribution in [0.2, 0.25) is 0 Å². The number of hydrogen-bond donors (Lipinski definition) is 1. The Balaban J connectivity index is 1.52. The van der Waals surface area contributed by atoms with Gasteiger partial charge in [-0.05, 0) is 42.0 Å². The van der Waals surface area contributed by atoms with Crippen LogP contribution < -0.4 is 14.4 Å². The monoisotopic (exact) mass is 414 g/mol. The number of fused-ring (bicyclic) bond motifs is 2. The molecule has 0 radical (unpaired) electrons. The van der Waals surface area contributed by atoms with Crippen LogP contribution in [-0.2, 0) is 4.79 Å². The number of carboxylic acids is 1. The van der Waals surface area contributed by atoms with E-state index in [1.54, 1.807) is 16.8 Å². The van der Waals surface area contributed by atoms with E-state index in [2.05, 4.69) is 4.98 Å². The largest absolute Gasteiger partial charge is 0.478 e. The number of aliphatic carboxylic acids is 1. The molecule has 4 aromatic rings. The number of imidazole rings is 1. The highest BCUT2D eigenvalue weighted by Crippen LogP contribution is 2.36. The van der Waals surface area contributed by atoms with Gasteiger partial charge in [0.25, 0.3) is 0 Å². The molecule has 0 fully saturated rings. The van der Waals surface area contributed by atoms with Crippen molar-refractivity contribution in [3.05, 3.63) is 72.4 Å². The Kier molecular flexibility index (Phi) is 4.51. The SMILES string of the molecule is CN(c1ccc2c(c1)OCO2)c1ccc2ncc(-c3cccc(/C=C/C(=O)O)c3)n2n1. The number of anilines is 2. The van der Waals surface area contributed by atoms with Crippen LogP contribution >= 0.6 is 0 Å². The molecule has 5 rings (SSSR count). The highest BCUT2D eigenvalue weighted by molar-refractivity contribution is 5.85. The lowest BCUT2D eigenvalue weighted by atomic mass is 10.1. The van der Waals surface area contributed by atoms with Gasteiger partial charge in [-0.3, -0.25) is 0 Å². The zero-order valence-corrected chi connectivity index (χ0v) is 16.6. The van der Waals surface area contributed by atoms with Gasteiger partial charge >= 0.3 is 5.97 Å². The molecular weight excluding hydrogens is 396 g/mol. The van der Waals surface area contributed by atoms with E-state index in [1.165, 1.54) is 0 Å². The molecule has 31 heavy (non-hydrogen) atoms. The Morgan fingerprint density at radius 1 is 1.13 bits per heavy atom. The van der Waals surface area contributed by atoms with E-state index in [-0.39, 0.29) is 6.79 Å². The second kappa shape index (κ2) is 7.49. The molecule has 8 nitrogen and oxygen atoms in total. The number of carbonyl (C=O) groups is 1. The first-order valence-corrected chi connectivity index (χ1v) is 9.58. The summed E-state index contributed by atoms with van der Waals surface area (Å²) in [6.45, 7) is 0.228. The van der Waals surface area contributed by atoms with Crippen molar-refractivity contribution in [1.82, 2.24) is 14.6 Å². The number of rotatable bonds is 5. The van der Waals surface area contributed by atoms with Gasteiger partial charge in [0.2, 0.25) is 6.79 Å². The molecule has 0 bridgehead atoms. The number of aromatic nitrogens is 3. The Morgan fingerprint density at radius 2 is 2.00 bits per heavy atom. The first-order chi connectivity index (χ1) is 15.1. The molecule has 0 amide bonds. The van der Waals surface area contributed by atoms with E-state index in [0.29, 0.717) is 11.4 Å². The van der Waals surface area contributed by atoms with Gasteiger partial charge in [-0.15, -0.1) is 5.10 Å². The summed E-state index contributed by atoms with van der Waals surface area (Å²) in [4.78, 5) is 17.2. The molecule has 0 spiro atoms. The quantitative estimate of drug-likeness (QED) is 0.494. The third-order valence-corrected chi connectivity index (χ3v) is 5.04. The molecule has 1 aliphatic rings. The van der Waals surface area contributed by atoms with Crippen LogP contribution in [-0.4, -0.2) is 39.5 Å². The van der Waals surface area contributed by atoms with Crippen molar-refractivity contribution in [2.24, 2.45) is 0 Å². The first kappa shape index (κ1) is 18.7. The van der Waals surface area contributed by atoms with E-state index >= 15 is 0 Å². The number of benzene rings is 2. The molecule has 0 atom stereocenters. The predicted molar refractivity (Wildman–Crippen MR) is 116 cm³/mol. The van der Waals surface area contributed by atoms with Crippen LogP contribution in [0.4, 0.5) is 11.5 Å². The third-order valence-electron chi connectivity index (χ3n) is 5.04.